The van der Waals surface area contributed by atoms with Crippen molar-refractivity contribution >= 4 is 5.97 Å². The van der Waals surface area contributed by atoms with Crippen LogP contribution < -0.4 is 0 Å². The first kappa shape index (κ1) is 47.0. The van der Waals surface area contributed by atoms with Crippen LogP contribution in [0.15, 0.2) is 0 Å². The van der Waals surface area contributed by atoms with Crippen molar-refractivity contribution in [2.24, 2.45) is 0 Å². The molecule has 6 rings (SSSR count). The number of aliphatic carboxylic acids is 1. The quantitative estimate of drug-likeness (QED) is 0.0866. The SMILES string of the molecule is CO[C@H]1[C@H](O)[C@@H](O)[C@@H](O[C@H]2C(O)OC[C@@H](O[C@@H]3OC[C@@H](O[C@@H]4OC[C@@H](O[C@@H]5OC[C@@H](O[C@@H]6OC[C@@H](O)[C@H](O)[C@H]6O)[C@H](O)[C@H]5O)[C@H](O)[C@H]4O)[C@H](O)[C@H]3O)[C@@H]2O)O[C@@H]1C(=O)O. The van der Waals surface area contributed by atoms with Gasteiger partial charge in [-0.25, -0.2) is 4.79 Å². The van der Waals surface area contributed by atoms with Crippen LogP contribution in [0.4, 0.5) is 0 Å². The highest BCUT2D eigenvalue weighted by Gasteiger charge is 2.54. The summed E-state index contributed by atoms with van der Waals surface area (Å²) in [6.07, 6.45) is -41.9. The molecule has 6 heterocycles. The van der Waals surface area contributed by atoms with Crippen molar-refractivity contribution in [1.82, 2.24) is 0 Å². The Morgan fingerprint density at radius 1 is 0.424 bits per heavy atom. The minimum atomic E-state index is -1.91. The number of hydrogen-bond donors (Lipinski definition) is 14. The zero-order valence-electron chi connectivity index (χ0n) is 31.0. The fourth-order valence-electron chi connectivity index (χ4n) is 7.21. The summed E-state index contributed by atoms with van der Waals surface area (Å²) in [5.41, 5.74) is 0. The molecule has 342 valence electrons. The van der Waals surface area contributed by atoms with E-state index in [0.717, 1.165) is 7.11 Å². The number of carbonyl (C=O) groups is 1. The molecule has 14 N–H and O–H groups in total. The summed E-state index contributed by atoms with van der Waals surface area (Å²) in [6, 6.07) is 0. The monoisotopic (exact) mass is 868 g/mol. The summed E-state index contributed by atoms with van der Waals surface area (Å²) in [4.78, 5) is 11.7. The normalized spacial score (nSPS) is 52.5. The lowest BCUT2D eigenvalue weighted by Crippen LogP contribution is -2.64. The van der Waals surface area contributed by atoms with Crippen LogP contribution in [-0.4, -0.2) is 271 Å². The zero-order chi connectivity index (χ0) is 43.0. The Labute approximate surface area is 333 Å². The maximum absolute atomic E-state index is 11.7. The predicted octanol–water partition coefficient (Wildman–Crippen LogP) is -10.2. The molecular weight excluding hydrogens is 816 g/mol. The number of carboxylic acid groups (broad SMARTS) is 1. The van der Waals surface area contributed by atoms with Gasteiger partial charge in [0.2, 0.25) is 0 Å². The minimum Gasteiger partial charge on any atom is -0.479 e. The van der Waals surface area contributed by atoms with E-state index < -0.39 is 186 Å². The van der Waals surface area contributed by atoms with E-state index in [9.17, 15) is 76.3 Å². The lowest BCUT2D eigenvalue weighted by molar-refractivity contribution is -0.371. The van der Waals surface area contributed by atoms with Gasteiger partial charge in [0, 0.05) is 7.11 Å². The van der Waals surface area contributed by atoms with E-state index in [1.807, 2.05) is 0 Å². The molecule has 1 unspecified atom stereocenters. The smallest absolute Gasteiger partial charge is 0.335 e. The van der Waals surface area contributed by atoms with Crippen molar-refractivity contribution in [3.8, 4) is 0 Å². The molecule has 0 aromatic rings. The standard InChI is InChI=1S/C32H52O27/c1-48-23-17(39)22(44)32(59-25(23)26(45)46)58-24-16(38)11(3-49-27(24)47)57-31-21(43)15(37)10(6-53-31)56-30-20(42)14(36)9(5-52-30)55-29-19(41)13(35)8(4-51-29)54-28-18(40)12(34)7(33)2-50-28/h7-25,27-44,47H,2-6H2,1H3,(H,45,46)/t7-,8-,9-,10-,11-,12+,13+,14+,15+,16+,17-,18-,19-,20-,21-,22-,23+,24-,25+,27?,28+,29+,30+,31+,32+/m1/s1. The molecule has 0 aliphatic carbocycles. The van der Waals surface area contributed by atoms with Crippen LogP contribution in [0.2, 0.25) is 0 Å². The van der Waals surface area contributed by atoms with Crippen molar-refractivity contribution in [3.63, 3.8) is 0 Å². The lowest BCUT2D eigenvalue weighted by atomic mass is 9.98. The summed E-state index contributed by atoms with van der Waals surface area (Å²) in [5.74, 6) is -1.57. The van der Waals surface area contributed by atoms with E-state index in [0.29, 0.717) is 0 Å². The van der Waals surface area contributed by atoms with E-state index in [4.69, 9.17) is 56.8 Å². The topological polar surface area (TPSA) is 411 Å². The summed E-state index contributed by atoms with van der Waals surface area (Å²) in [7, 11) is 1.08. The highest BCUT2D eigenvalue weighted by Crippen LogP contribution is 2.32. The molecule has 0 amide bonds. The Hall–Kier alpha value is -1.53. The maximum Gasteiger partial charge on any atom is 0.335 e. The van der Waals surface area contributed by atoms with Crippen LogP contribution in [0.1, 0.15) is 0 Å². The summed E-state index contributed by atoms with van der Waals surface area (Å²) < 4.78 is 64.6. The van der Waals surface area contributed by atoms with Gasteiger partial charge in [-0.1, -0.05) is 0 Å². The number of carboxylic acids is 1. The van der Waals surface area contributed by atoms with Crippen molar-refractivity contribution < 1.29 is 133 Å². The van der Waals surface area contributed by atoms with Gasteiger partial charge in [0.05, 0.1) is 33.0 Å². The molecule has 0 aromatic carbocycles. The molecule has 27 nitrogen and oxygen atoms in total. The first-order chi connectivity index (χ1) is 27.9. The summed E-state index contributed by atoms with van der Waals surface area (Å²) in [5, 5.41) is 146. The number of ether oxygens (including phenoxy) is 12. The Bertz CT molecular complexity index is 1350. The van der Waals surface area contributed by atoms with Gasteiger partial charge < -0.3 is 128 Å². The van der Waals surface area contributed by atoms with Crippen molar-refractivity contribution in [3.05, 3.63) is 0 Å². The minimum absolute atomic E-state index is 0.378. The van der Waals surface area contributed by atoms with Gasteiger partial charge in [-0.2, -0.15) is 0 Å². The molecule has 6 saturated heterocycles. The van der Waals surface area contributed by atoms with Crippen LogP contribution in [0.3, 0.4) is 0 Å². The van der Waals surface area contributed by atoms with Gasteiger partial charge >= 0.3 is 5.97 Å². The van der Waals surface area contributed by atoms with Crippen LogP contribution in [0, 0.1) is 0 Å². The molecule has 0 radical (unpaired) electrons. The van der Waals surface area contributed by atoms with Gasteiger partial charge in [0.15, 0.2) is 43.8 Å². The fraction of sp³-hybridized carbons (Fsp3) is 0.969. The molecule has 0 aromatic heterocycles. The average Bonchev–Trinajstić information content (AvgIpc) is 3.20. The molecule has 0 saturated carbocycles. The molecular formula is C32H52O27. The van der Waals surface area contributed by atoms with E-state index in [1.54, 1.807) is 0 Å². The molecule has 27 heteroatoms. The molecule has 6 aliphatic heterocycles. The average molecular weight is 869 g/mol. The summed E-state index contributed by atoms with van der Waals surface area (Å²) >= 11 is 0. The van der Waals surface area contributed by atoms with Crippen molar-refractivity contribution in [1.29, 1.82) is 0 Å². The Balaban J connectivity index is 0.967. The van der Waals surface area contributed by atoms with E-state index in [2.05, 4.69) is 0 Å². The largest absolute Gasteiger partial charge is 0.479 e. The van der Waals surface area contributed by atoms with Crippen molar-refractivity contribution in [2.45, 2.75) is 154 Å². The molecule has 0 spiro atoms. The Kier molecular flexibility index (Phi) is 15.8. The molecule has 6 fully saturated rings. The predicted molar refractivity (Wildman–Crippen MR) is 174 cm³/mol. The molecule has 25 atom stereocenters. The van der Waals surface area contributed by atoms with Crippen LogP contribution in [0.25, 0.3) is 0 Å². The molecule has 59 heavy (non-hydrogen) atoms. The van der Waals surface area contributed by atoms with Crippen LogP contribution >= 0.6 is 0 Å². The van der Waals surface area contributed by atoms with Crippen molar-refractivity contribution in [2.75, 3.05) is 40.1 Å². The van der Waals surface area contributed by atoms with Gasteiger partial charge in [-0.05, 0) is 0 Å². The number of hydrogen-bond acceptors (Lipinski definition) is 26. The highest BCUT2D eigenvalue weighted by atomic mass is 16.8. The van der Waals surface area contributed by atoms with E-state index in [1.165, 1.54) is 0 Å². The third-order valence-corrected chi connectivity index (χ3v) is 10.8. The lowest BCUT2D eigenvalue weighted by Gasteiger charge is -2.46. The van der Waals surface area contributed by atoms with Crippen LogP contribution in [0.5, 0.6) is 0 Å². The Morgan fingerprint density at radius 2 is 0.797 bits per heavy atom. The van der Waals surface area contributed by atoms with Gasteiger partial charge in [-0.3, -0.25) is 0 Å². The first-order valence-corrected chi connectivity index (χ1v) is 18.5. The molecule has 0 bridgehead atoms. The maximum atomic E-state index is 11.7. The first-order valence-electron chi connectivity index (χ1n) is 18.5. The fourth-order valence-corrected chi connectivity index (χ4v) is 7.21. The highest BCUT2D eigenvalue weighted by molar-refractivity contribution is 5.73. The number of aliphatic hydroxyl groups is 13. The second-order valence-corrected chi connectivity index (χ2v) is 14.8. The number of aliphatic hydroxyl groups excluding tert-OH is 13. The van der Waals surface area contributed by atoms with Gasteiger partial charge in [-0.15, -0.1) is 0 Å². The Morgan fingerprint density at radius 3 is 1.22 bits per heavy atom. The van der Waals surface area contributed by atoms with Gasteiger partial charge in [0.25, 0.3) is 0 Å². The van der Waals surface area contributed by atoms with Gasteiger partial charge in [0.1, 0.15) is 110 Å². The number of rotatable bonds is 12. The van der Waals surface area contributed by atoms with E-state index >= 15 is 0 Å². The third-order valence-electron chi connectivity index (χ3n) is 10.8. The second-order valence-electron chi connectivity index (χ2n) is 14.8. The second kappa shape index (κ2) is 19.9. The summed E-state index contributed by atoms with van der Waals surface area (Å²) in [6.45, 7) is -2.36. The zero-order valence-corrected chi connectivity index (χ0v) is 31.0. The van der Waals surface area contributed by atoms with E-state index in [-0.39, 0.29) is 6.61 Å². The molecule has 6 aliphatic rings. The van der Waals surface area contributed by atoms with Crippen LogP contribution in [-0.2, 0) is 61.6 Å². The number of methoxy groups -OCH3 is 1. The third kappa shape index (κ3) is 10.00.